The van der Waals surface area contributed by atoms with E-state index in [0.29, 0.717) is 12.1 Å². The number of carbonyl (C=O) groups excluding carboxylic acids is 1. The number of nitrogens with zero attached hydrogens (tertiary/aromatic N) is 3. The van der Waals surface area contributed by atoms with E-state index in [4.69, 9.17) is 4.52 Å². The van der Waals surface area contributed by atoms with Crippen molar-refractivity contribution in [2.24, 2.45) is 0 Å². The second-order valence-corrected chi connectivity index (χ2v) is 7.80. The van der Waals surface area contributed by atoms with Gasteiger partial charge in [-0.15, -0.1) is 0 Å². The lowest BCUT2D eigenvalue weighted by molar-refractivity contribution is -0.143. The Kier molecular flexibility index (Phi) is 6.09. The molecule has 3 aromatic rings. The average molecular weight is 487 g/mol. The molecular formula is C22H16F7N3O2. The second-order valence-electron chi connectivity index (χ2n) is 7.80. The topological polar surface area (TPSA) is 59.2 Å². The molecule has 0 N–H and O–H groups in total. The van der Waals surface area contributed by atoms with Crippen LogP contribution in [0.15, 0.2) is 47.0 Å². The van der Waals surface area contributed by atoms with Crippen LogP contribution >= 0.6 is 0 Å². The van der Waals surface area contributed by atoms with E-state index in [2.05, 4.69) is 10.1 Å². The first-order valence-corrected chi connectivity index (χ1v) is 10.1. The summed E-state index contributed by atoms with van der Waals surface area (Å²) in [6.45, 7) is 0.108. The van der Waals surface area contributed by atoms with E-state index in [0.717, 1.165) is 0 Å². The van der Waals surface area contributed by atoms with Crippen molar-refractivity contribution in [3.63, 3.8) is 0 Å². The Morgan fingerprint density at radius 1 is 0.941 bits per heavy atom. The molecule has 4 rings (SSSR count). The Bertz CT molecular complexity index is 1160. The molecule has 1 fully saturated rings. The molecule has 1 saturated heterocycles. The normalized spacial score (nSPS) is 15.6. The second kappa shape index (κ2) is 8.73. The van der Waals surface area contributed by atoms with Gasteiger partial charge in [-0.25, -0.2) is 4.39 Å². The highest BCUT2D eigenvalue weighted by Crippen LogP contribution is 2.37. The van der Waals surface area contributed by atoms with E-state index in [9.17, 15) is 35.5 Å². The number of benzene rings is 2. The van der Waals surface area contributed by atoms with E-state index in [-0.39, 0.29) is 55.2 Å². The number of halogens is 7. The lowest BCUT2D eigenvalue weighted by Crippen LogP contribution is -2.38. The van der Waals surface area contributed by atoms with Crippen LogP contribution in [0.3, 0.4) is 0 Å². The van der Waals surface area contributed by atoms with Crippen LogP contribution in [-0.2, 0) is 12.4 Å². The van der Waals surface area contributed by atoms with Crippen LogP contribution in [0.25, 0.3) is 11.4 Å². The third-order valence-corrected chi connectivity index (χ3v) is 5.52. The fraction of sp³-hybridized carbons (Fsp3) is 0.318. The molecule has 34 heavy (non-hydrogen) atoms. The zero-order valence-electron chi connectivity index (χ0n) is 17.3. The van der Waals surface area contributed by atoms with Gasteiger partial charge < -0.3 is 9.42 Å². The number of hydrogen-bond acceptors (Lipinski definition) is 4. The number of amides is 1. The summed E-state index contributed by atoms with van der Waals surface area (Å²) >= 11 is 0. The molecule has 2 heterocycles. The fourth-order valence-electron chi connectivity index (χ4n) is 3.74. The first-order chi connectivity index (χ1) is 15.9. The van der Waals surface area contributed by atoms with Crippen LogP contribution < -0.4 is 0 Å². The van der Waals surface area contributed by atoms with Gasteiger partial charge >= 0.3 is 12.4 Å². The average Bonchev–Trinajstić information content (AvgIpc) is 3.27. The van der Waals surface area contributed by atoms with Crippen LogP contribution in [0, 0.1) is 5.82 Å². The molecule has 1 aromatic heterocycles. The van der Waals surface area contributed by atoms with Crippen LogP contribution in [0.4, 0.5) is 30.7 Å². The molecule has 0 aliphatic carbocycles. The largest absolute Gasteiger partial charge is 0.416 e. The number of carbonyl (C=O) groups is 1. The molecule has 2 aromatic carbocycles. The van der Waals surface area contributed by atoms with Gasteiger partial charge in [0.25, 0.3) is 5.91 Å². The molecule has 1 aliphatic rings. The van der Waals surface area contributed by atoms with Crippen molar-refractivity contribution >= 4 is 5.91 Å². The predicted molar refractivity (Wildman–Crippen MR) is 104 cm³/mol. The van der Waals surface area contributed by atoms with E-state index >= 15 is 0 Å². The SMILES string of the molecule is O=C(c1cc(C(F)(F)F)cc(C(F)(F)F)c1)N1CCC(c2nc(-c3ccccc3F)no2)CC1. The summed E-state index contributed by atoms with van der Waals surface area (Å²) in [5.74, 6) is -1.51. The van der Waals surface area contributed by atoms with Crippen LogP contribution in [0.2, 0.25) is 0 Å². The standard InChI is InChI=1S/C22H16F7N3O2/c23-17-4-2-1-3-16(17)18-30-19(34-31-18)12-5-7-32(8-6-12)20(33)13-9-14(21(24,25)26)11-15(10-13)22(27,28)29/h1-4,9-12H,5-8H2. The van der Waals surface area contributed by atoms with Crippen molar-refractivity contribution in [3.05, 3.63) is 70.9 Å². The fourth-order valence-corrected chi connectivity index (χ4v) is 3.74. The minimum absolute atomic E-state index is 0.0221. The number of alkyl halides is 6. The van der Waals surface area contributed by atoms with Crippen molar-refractivity contribution in [1.82, 2.24) is 15.0 Å². The van der Waals surface area contributed by atoms with Gasteiger partial charge in [-0.05, 0) is 43.2 Å². The van der Waals surface area contributed by atoms with Gasteiger partial charge in [-0.1, -0.05) is 17.3 Å². The first-order valence-electron chi connectivity index (χ1n) is 10.1. The molecule has 0 atom stereocenters. The zero-order chi connectivity index (χ0) is 24.7. The molecular weight excluding hydrogens is 471 g/mol. The Morgan fingerprint density at radius 2 is 1.53 bits per heavy atom. The first kappa shape index (κ1) is 23.7. The minimum Gasteiger partial charge on any atom is -0.339 e. The van der Waals surface area contributed by atoms with Gasteiger partial charge in [0.15, 0.2) is 0 Å². The lowest BCUT2D eigenvalue weighted by atomic mass is 9.95. The maximum absolute atomic E-state index is 13.9. The quantitative estimate of drug-likeness (QED) is 0.430. The monoisotopic (exact) mass is 487 g/mol. The molecule has 1 aliphatic heterocycles. The number of rotatable bonds is 3. The van der Waals surface area contributed by atoms with E-state index < -0.39 is 40.8 Å². The molecule has 0 radical (unpaired) electrons. The van der Waals surface area contributed by atoms with Crippen LogP contribution in [0.1, 0.15) is 46.1 Å². The Hall–Kier alpha value is -3.44. The van der Waals surface area contributed by atoms with E-state index in [1.54, 1.807) is 6.07 Å². The lowest BCUT2D eigenvalue weighted by Gasteiger charge is -2.30. The smallest absolute Gasteiger partial charge is 0.339 e. The number of aromatic nitrogens is 2. The van der Waals surface area contributed by atoms with Gasteiger partial charge in [0.2, 0.25) is 11.7 Å². The Morgan fingerprint density at radius 3 is 2.09 bits per heavy atom. The third-order valence-electron chi connectivity index (χ3n) is 5.52. The summed E-state index contributed by atoms with van der Waals surface area (Å²) in [5.41, 5.74) is -3.64. The molecule has 0 spiro atoms. The van der Waals surface area contributed by atoms with Gasteiger partial charge in [0.1, 0.15) is 5.82 Å². The van der Waals surface area contributed by atoms with E-state index in [1.165, 1.54) is 23.1 Å². The van der Waals surface area contributed by atoms with Crippen molar-refractivity contribution in [2.45, 2.75) is 31.1 Å². The van der Waals surface area contributed by atoms with Crippen molar-refractivity contribution < 1.29 is 40.1 Å². The zero-order valence-corrected chi connectivity index (χ0v) is 17.3. The Labute approximate surface area is 188 Å². The molecule has 0 unspecified atom stereocenters. The van der Waals surface area contributed by atoms with Crippen molar-refractivity contribution in [3.8, 4) is 11.4 Å². The van der Waals surface area contributed by atoms with Gasteiger partial charge in [-0.3, -0.25) is 4.79 Å². The van der Waals surface area contributed by atoms with Gasteiger partial charge in [-0.2, -0.15) is 31.3 Å². The molecule has 5 nitrogen and oxygen atoms in total. The summed E-state index contributed by atoms with van der Waals surface area (Å²) < 4.78 is 97.7. The third kappa shape index (κ3) is 4.90. The molecule has 12 heteroatoms. The van der Waals surface area contributed by atoms with Crippen molar-refractivity contribution in [2.75, 3.05) is 13.1 Å². The van der Waals surface area contributed by atoms with Gasteiger partial charge in [0, 0.05) is 24.6 Å². The van der Waals surface area contributed by atoms with Crippen molar-refractivity contribution in [1.29, 1.82) is 0 Å². The summed E-state index contributed by atoms with van der Waals surface area (Å²) in [5, 5.41) is 3.77. The minimum atomic E-state index is -5.04. The summed E-state index contributed by atoms with van der Waals surface area (Å²) in [6, 6.07) is 6.66. The number of piperidine rings is 1. The molecule has 1 amide bonds. The summed E-state index contributed by atoms with van der Waals surface area (Å²) in [4.78, 5) is 18.1. The maximum Gasteiger partial charge on any atom is 0.416 e. The van der Waals surface area contributed by atoms with E-state index in [1.807, 2.05) is 0 Å². The van der Waals surface area contributed by atoms with Gasteiger partial charge in [0.05, 0.1) is 16.7 Å². The summed E-state index contributed by atoms with van der Waals surface area (Å²) in [6.07, 6.45) is -9.51. The highest BCUT2D eigenvalue weighted by atomic mass is 19.4. The molecule has 0 saturated carbocycles. The number of hydrogen-bond donors (Lipinski definition) is 0. The predicted octanol–water partition coefficient (Wildman–Crippen LogP) is 5.93. The highest BCUT2D eigenvalue weighted by molar-refractivity contribution is 5.94. The highest BCUT2D eigenvalue weighted by Gasteiger charge is 2.38. The molecule has 180 valence electrons. The number of likely N-dealkylation sites (tertiary alicyclic amines) is 1. The van der Waals surface area contributed by atoms with Crippen LogP contribution in [0.5, 0.6) is 0 Å². The molecule has 0 bridgehead atoms. The van der Waals surface area contributed by atoms with Crippen LogP contribution in [-0.4, -0.2) is 34.0 Å². The Balaban J connectivity index is 1.49. The summed E-state index contributed by atoms with van der Waals surface area (Å²) in [7, 11) is 0. The maximum atomic E-state index is 13.9.